The van der Waals surface area contributed by atoms with Gasteiger partial charge in [-0.2, -0.15) is 9.37 Å². The zero-order valence-electron chi connectivity index (χ0n) is 33.6. The molecule has 0 bridgehead atoms. The number of ether oxygens (including phenoxy) is 6. The van der Waals surface area contributed by atoms with Gasteiger partial charge in [0.25, 0.3) is 0 Å². The highest BCUT2D eigenvalue weighted by molar-refractivity contribution is 7.89. The van der Waals surface area contributed by atoms with Crippen molar-refractivity contribution in [1.29, 1.82) is 0 Å². The standard InChI is InChI=1S/C38H57N4O14PS/c1-6-50-36(44)27(4)55-57(46,56-41-18-16-39-17-19-41)25-53-30-9-7-28(8-10-30)21-33(40-38(45)54-35-24-52-37-32(35)15-20-51-37)34(43)23-42(22-26(2)3)58(47,48)31-13-11-29(49-5)12-14-31/h7-14,26-27,32-35,37,39,43H,6,15-25H2,1-5H3,(H,40,45)/t27-,32-,33-,34+,35-,37+,57?/m0/s1. The Balaban J connectivity index is 1.31. The summed E-state index contributed by atoms with van der Waals surface area (Å²) in [5.41, 5.74) is 0.644. The number of aliphatic hydroxyl groups excluding tert-OH is 1. The summed E-state index contributed by atoms with van der Waals surface area (Å²) in [6, 6.07) is 11.6. The van der Waals surface area contributed by atoms with Crippen molar-refractivity contribution < 1.29 is 65.2 Å². The van der Waals surface area contributed by atoms with E-state index >= 15 is 0 Å². The third-order valence-corrected chi connectivity index (χ3v) is 13.1. The molecular weight excluding hydrogens is 799 g/mol. The van der Waals surface area contributed by atoms with E-state index < -0.39 is 66.7 Å². The van der Waals surface area contributed by atoms with Crippen molar-refractivity contribution in [3.05, 3.63) is 54.1 Å². The Bertz CT molecular complexity index is 1780. The van der Waals surface area contributed by atoms with Crippen LogP contribution in [0.1, 0.15) is 39.7 Å². The predicted octanol–water partition coefficient (Wildman–Crippen LogP) is 3.14. The van der Waals surface area contributed by atoms with E-state index in [0.717, 1.165) is 0 Å². The van der Waals surface area contributed by atoms with E-state index in [-0.39, 0.29) is 49.5 Å². The van der Waals surface area contributed by atoms with E-state index in [9.17, 15) is 27.7 Å². The predicted molar refractivity (Wildman–Crippen MR) is 210 cm³/mol. The number of hydrogen-bond donors (Lipinski definition) is 3. The van der Waals surface area contributed by atoms with E-state index in [1.54, 1.807) is 43.3 Å². The number of aliphatic hydroxyl groups is 1. The Kier molecular flexibility index (Phi) is 16.7. The second kappa shape index (κ2) is 21.2. The second-order valence-corrected chi connectivity index (χ2v) is 18.5. The minimum Gasteiger partial charge on any atom is -0.497 e. The molecule has 2 aromatic rings. The SMILES string of the molecule is CCOC(=O)[C@H](C)OP(=O)(COc1ccc(C[C@H](NC(=O)O[C@H]2CO[C@H]3OCC[C@H]32)[C@H](O)CN(CC(C)C)S(=O)(=O)c2ccc(OC)cc2)cc1)ON1CCNCC1. The van der Waals surface area contributed by atoms with Crippen LogP contribution in [0.4, 0.5) is 4.79 Å². The number of rotatable bonds is 21. The Morgan fingerprint density at radius 3 is 2.38 bits per heavy atom. The maximum atomic E-state index is 13.9. The number of esters is 1. The summed E-state index contributed by atoms with van der Waals surface area (Å²) in [5, 5.41) is 19.2. The normalized spacial score (nSPS) is 22.4. The molecule has 0 saturated carbocycles. The summed E-state index contributed by atoms with van der Waals surface area (Å²) < 4.78 is 87.3. The first-order chi connectivity index (χ1) is 27.7. The van der Waals surface area contributed by atoms with Crippen molar-refractivity contribution >= 4 is 29.7 Å². The molecule has 324 valence electrons. The van der Waals surface area contributed by atoms with E-state index in [1.165, 1.54) is 35.5 Å². The number of carbonyl (C=O) groups excluding carboxylic acids is 2. The minimum atomic E-state index is -4.08. The van der Waals surface area contributed by atoms with Gasteiger partial charge in [-0.05, 0) is 74.6 Å². The molecule has 0 spiro atoms. The highest BCUT2D eigenvalue weighted by Gasteiger charge is 2.44. The maximum Gasteiger partial charge on any atom is 0.407 e. The summed E-state index contributed by atoms with van der Waals surface area (Å²) in [7, 11) is -6.62. The van der Waals surface area contributed by atoms with Crippen LogP contribution in [0.5, 0.6) is 11.5 Å². The summed E-state index contributed by atoms with van der Waals surface area (Å²) in [6.45, 7) is 9.46. The lowest BCUT2D eigenvalue weighted by Gasteiger charge is -2.31. The van der Waals surface area contributed by atoms with Crippen LogP contribution in [0.25, 0.3) is 0 Å². The Hall–Kier alpha value is -3.36. The fourth-order valence-corrected chi connectivity index (χ4v) is 9.87. The molecule has 1 amide bonds. The zero-order valence-corrected chi connectivity index (χ0v) is 35.4. The van der Waals surface area contributed by atoms with Gasteiger partial charge in [0.15, 0.2) is 18.7 Å². The molecule has 20 heteroatoms. The van der Waals surface area contributed by atoms with Crippen LogP contribution in [0, 0.1) is 11.8 Å². The van der Waals surface area contributed by atoms with Gasteiger partial charge in [-0.3, -0.25) is 9.09 Å². The summed E-state index contributed by atoms with van der Waals surface area (Å²) in [6.07, 6.45) is -4.13. The second-order valence-electron chi connectivity index (χ2n) is 14.7. The van der Waals surface area contributed by atoms with Crippen LogP contribution in [0.3, 0.4) is 0 Å². The topological polar surface area (TPSA) is 210 Å². The highest BCUT2D eigenvalue weighted by atomic mass is 32.2. The van der Waals surface area contributed by atoms with Gasteiger partial charge in [-0.25, -0.2) is 22.6 Å². The molecule has 58 heavy (non-hydrogen) atoms. The molecule has 3 aliphatic rings. The Morgan fingerprint density at radius 2 is 1.72 bits per heavy atom. The largest absolute Gasteiger partial charge is 0.497 e. The first-order valence-electron chi connectivity index (χ1n) is 19.5. The van der Waals surface area contributed by atoms with Crippen LogP contribution in [0.2, 0.25) is 0 Å². The maximum absolute atomic E-state index is 13.9. The van der Waals surface area contributed by atoms with Crippen LogP contribution in [0.15, 0.2) is 53.4 Å². The van der Waals surface area contributed by atoms with Gasteiger partial charge in [0.1, 0.15) is 17.6 Å². The first-order valence-corrected chi connectivity index (χ1v) is 22.7. The van der Waals surface area contributed by atoms with E-state index in [4.69, 9.17) is 37.6 Å². The number of nitrogens with zero attached hydrogens (tertiary/aromatic N) is 2. The number of fused-ring (bicyclic) bond motifs is 1. The number of piperazine rings is 1. The molecule has 7 atom stereocenters. The van der Waals surface area contributed by atoms with E-state index in [0.29, 0.717) is 56.3 Å². The summed E-state index contributed by atoms with van der Waals surface area (Å²) >= 11 is 0. The molecule has 18 nitrogen and oxygen atoms in total. The highest BCUT2D eigenvalue weighted by Crippen LogP contribution is 2.50. The van der Waals surface area contributed by atoms with Gasteiger partial charge in [0, 0.05) is 39.3 Å². The monoisotopic (exact) mass is 856 g/mol. The van der Waals surface area contributed by atoms with Gasteiger partial charge in [0.2, 0.25) is 10.0 Å². The van der Waals surface area contributed by atoms with Gasteiger partial charge in [-0.15, -0.1) is 0 Å². The minimum absolute atomic E-state index is 0.0267. The third-order valence-electron chi connectivity index (χ3n) is 9.69. The molecule has 0 aliphatic carbocycles. The van der Waals surface area contributed by atoms with E-state index in [2.05, 4.69) is 10.6 Å². The van der Waals surface area contributed by atoms with Crippen molar-refractivity contribution in [2.45, 2.75) is 76.1 Å². The Labute approximate surface area is 340 Å². The fraction of sp³-hybridized carbons (Fsp3) is 0.632. The lowest BCUT2D eigenvalue weighted by atomic mass is 10.0. The lowest BCUT2D eigenvalue weighted by molar-refractivity contribution is -0.152. The number of hydroxylamine groups is 2. The average Bonchev–Trinajstić information content (AvgIpc) is 3.82. The number of nitrogens with one attached hydrogen (secondary N) is 2. The molecule has 1 unspecified atom stereocenters. The van der Waals surface area contributed by atoms with Crippen molar-refractivity contribution in [3.63, 3.8) is 0 Å². The number of alkyl carbamates (subject to hydrolysis) is 1. The molecule has 3 N–H and O–H groups in total. The number of carbonyl (C=O) groups is 2. The smallest absolute Gasteiger partial charge is 0.407 e. The van der Waals surface area contributed by atoms with Crippen molar-refractivity contribution in [2.75, 3.05) is 72.5 Å². The van der Waals surface area contributed by atoms with E-state index in [1.807, 2.05) is 13.8 Å². The van der Waals surface area contributed by atoms with Gasteiger partial charge < -0.3 is 44.2 Å². The number of sulfonamides is 1. The number of hydrogen-bond acceptors (Lipinski definition) is 16. The molecule has 2 aromatic carbocycles. The first kappa shape index (κ1) is 45.7. The van der Waals surface area contributed by atoms with Crippen LogP contribution in [-0.2, 0) is 53.9 Å². The van der Waals surface area contributed by atoms with Crippen LogP contribution >= 0.6 is 7.60 Å². The molecule has 0 radical (unpaired) electrons. The fourth-order valence-electron chi connectivity index (χ4n) is 6.71. The van der Waals surface area contributed by atoms with Gasteiger partial charge in [0.05, 0.1) is 49.9 Å². The number of benzene rings is 2. The lowest BCUT2D eigenvalue weighted by Crippen LogP contribution is -2.51. The number of methoxy groups -OCH3 is 1. The Morgan fingerprint density at radius 1 is 1.03 bits per heavy atom. The molecule has 3 fully saturated rings. The quantitative estimate of drug-likeness (QED) is 0.122. The van der Waals surface area contributed by atoms with Crippen molar-refractivity contribution in [3.8, 4) is 11.5 Å². The van der Waals surface area contributed by atoms with Gasteiger partial charge >= 0.3 is 19.7 Å². The molecule has 0 aromatic heterocycles. The molecule has 3 heterocycles. The van der Waals surface area contributed by atoms with Gasteiger partial charge in [-0.1, -0.05) is 26.0 Å². The average molecular weight is 857 g/mol. The molecule has 5 rings (SSSR count). The van der Waals surface area contributed by atoms with Crippen LogP contribution < -0.4 is 20.1 Å². The summed E-state index contributed by atoms with van der Waals surface area (Å²) in [5.74, 6) is -0.109. The molecule has 3 saturated heterocycles. The zero-order chi connectivity index (χ0) is 41.9. The number of amides is 1. The van der Waals surface area contributed by atoms with Crippen LogP contribution in [-0.4, -0.2) is 138 Å². The molecular formula is C38H57N4O14PS. The van der Waals surface area contributed by atoms with Crippen molar-refractivity contribution in [2.24, 2.45) is 11.8 Å². The third kappa shape index (κ3) is 12.8. The van der Waals surface area contributed by atoms with Crippen molar-refractivity contribution in [1.82, 2.24) is 20.0 Å². The molecule has 3 aliphatic heterocycles. The summed E-state index contributed by atoms with van der Waals surface area (Å²) in [4.78, 5) is 25.7.